The topological polar surface area (TPSA) is 92.3 Å². The molecule has 0 saturated carbocycles. The van der Waals surface area contributed by atoms with Gasteiger partial charge in [0.05, 0.1) is 11.1 Å². The van der Waals surface area contributed by atoms with Crippen LogP contribution in [0.4, 0.5) is 5.13 Å². The van der Waals surface area contributed by atoms with Crippen molar-refractivity contribution in [2.45, 2.75) is 40.0 Å². The normalized spacial score (nSPS) is 14.1. The average Bonchev–Trinajstić information content (AvgIpc) is 3.14. The van der Waals surface area contributed by atoms with Crippen LogP contribution in [0, 0.1) is 5.92 Å². The molecule has 8 heteroatoms. The van der Waals surface area contributed by atoms with E-state index in [-0.39, 0.29) is 28.7 Å². The quantitative estimate of drug-likeness (QED) is 0.814. The molecule has 0 atom stereocenters. The van der Waals surface area contributed by atoms with E-state index in [2.05, 4.69) is 15.5 Å². The molecule has 2 heterocycles. The highest BCUT2D eigenvalue weighted by atomic mass is 32.1. The molecule has 2 aromatic rings. The van der Waals surface area contributed by atoms with Crippen LogP contribution in [0.5, 0.6) is 0 Å². The second-order valence-corrected chi connectivity index (χ2v) is 8.97. The van der Waals surface area contributed by atoms with Crippen LogP contribution in [0.15, 0.2) is 18.2 Å². The Morgan fingerprint density at radius 3 is 2.41 bits per heavy atom. The van der Waals surface area contributed by atoms with Gasteiger partial charge in [0.1, 0.15) is 5.01 Å². The third-order valence-electron chi connectivity index (χ3n) is 4.07. The third-order valence-corrected chi connectivity index (χ3v) is 5.33. The van der Waals surface area contributed by atoms with Gasteiger partial charge in [0.25, 0.3) is 17.7 Å². The van der Waals surface area contributed by atoms with Crippen molar-refractivity contribution in [1.82, 2.24) is 15.1 Å². The third kappa shape index (κ3) is 3.75. The highest BCUT2D eigenvalue weighted by Crippen LogP contribution is 2.29. The average molecular weight is 386 g/mol. The van der Waals surface area contributed by atoms with Crippen molar-refractivity contribution in [1.29, 1.82) is 0 Å². The maximum absolute atomic E-state index is 12.5. The summed E-state index contributed by atoms with van der Waals surface area (Å²) in [5, 5.41) is 12.0. The largest absolute Gasteiger partial charge is 0.296 e. The van der Waals surface area contributed by atoms with Crippen LogP contribution in [0.3, 0.4) is 0 Å². The van der Waals surface area contributed by atoms with Gasteiger partial charge in [0, 0.05) is 17.5 Å². The Balaban J connectivity index is 1.81. The summed E-state index contributed by atoms with van der Waals surface area (Å²) in [7, 11) is 0. The minimum absolute atomic E-state index is 0.152. The van der Waals surface area contributed by atoms with Crippen LogP contribution in [0.1, 0.15) is 70.7 Å². The van der Waals surface area contributed by atoms with Crippen molar-refractivity contribution in [3.63, 3.8) is 0 Å². The lowest BCUT2D eigenvalue weighted by atomic mass is 9.98. The van der Waals surface area contributed by atoms with Crippen LogP contribution in [-0.2, 0) is 5.41 Å². The second kappa shape index (κ2) is 6.84. The summed E-state index contributed by atoms with van der Waals surface area (Å²) in [5.74, 6) is -0.889. The molecular weight excluding hydrogens is 364 g/mol. The molecule has 0 fully saturated rings. The summed E-state index contributed by atoms with van der Waals surface area (Å²) in [5.41, 5.74) is 0.749. The van der Waals surface area contributed by atoms with Gasteiger partial charge in [-0.25, -0.2) is 0 Å². The van der Waals surface area contributed by atoms with Crippen molar-refractivity contribution in [3.8, 4) is 0 Å². The van der Waals surface area contributed by atoms with E-state index >= 15 is 0 Å². The number of aromatic nitrogens is 2. The second-order valence-electron chi connectivity index (χ2n) is 7.99. The molecule has 7 nitrogen and oxygen atoms in total. The molecule has 1 aromatic heterocycles. The molecule has 3 amide bonds. The first-order valence-corrected chi connectivity index (χ1v) is 9.55. The van der Waals surface area contributed by atoms with Crippen molar-refractivity contribution in [2.24, 2.45) is 5.92 Å². The van der Waals surface area contributed by atoms with Gasteiger partial charge in [-0.15, -0.1) is 10.2 Å². The zero-order chi connectivity index (χ0) is 19.9. The fraction of sp³-hybridized carbons (Fsp3) is 0.421. The van der Waals surface area contributed by atoms with Gasteiger partial charge in [-0.3, -0.25) is 24.6 Å². The molecular formula is C19H22N4O3S. The first-order chi connectivity index (χ1) is 12.6. The molecule has 1 aromatic carbocycles. The summed E-state index contributed by atoms with van der Waals surface area (Å²) < 4.78 is 0. The summed E-state index contributed by atoms with van der Waals surface area (Å²) in [6, 6.07) is 4.55. The molecule has 0 radical (unpaired) electrons. The van der Waals surface area contributed by atoms with Gasteiger partial charge in [0.2, 0.25) is 5.13 Å². The highest BCUT2D eigenvalue weighted by Gasteiger charge is 2.36. The SMILES string of the molecule is CC(C)CN1C(=O)c2ccc(C(=O)Nc3nnc(C(C)(C)C)s3)cc2C1=O. The number of nitrogens with zero attached hydrogens (tertiary/aromatic N) is 3. The van der Waals surface area contributed by atoms with Crippen molar-refractivity contribution in [3.05, 3.63) is 39.9 Å². The number of carbonyl (C=O) groups excluding carboxylic acids is 3. The van der Waals surface area contributed by atoms with Crippen LogP contribution in [0.2, 0.25) is 0 Å². The first-order valence-electron chi connectivity index (χ1n) is 8.73. The van der Waals surface area contributed by atoms with Gasteiger partial charge >= 0.3 is 0 Å². The number of amides is 3. The van der Waals surface area contributed by atoms with Gasteiger partial charge in [-0.1, -0.05) is 46.0 Å². The van der Waals surface area contributed by atoms with Crippen LogP contribution < -0.4 is 5.32 Å². The number of anilines is 1. The predicted molar refractivity (Wildman–Crippen MR) is 103 cm³/mol. The van der Waals surface area contributed by atoms with E-state index in [4.69, 9.17) is 0 Å². The monoisotopic (exact) mass is 386 g/mol. The van der Waals surface area contributed by atoms with Crippen molar-refractivity contribution in [2.75, 3.05) is 11.9 Å². The van der Waals surface area contributed by atoms with Gasteiger partial charge in [-0.05, 0) is 24.1 Å². The minimum Gasteiger partial charge on any atom is -0.296 e. The lowest BCUT2D eigenvalue weighted by Gasteiger charge is -2.15. The number of fused-ring (bicyclic) bond motifs is 1. The maximum atomic E-state index is 12.5. The fourth-order valence-corrected chi connectivity index (χ4v) is 3.51. The Labute approximate surface area is 161 Å². The number of nitrogens with one attached hydrogen (secondary N) is 1. The lowest BCUT2D eigenvalue weighted by Crippen LogP contribution is -2.33. The Bertz CT molecular complexity index is 927. The highest BCUT2D eigenvalue weighted by molar-refractivity contribution is 7.15. The van der Waals surface area contributed by atoms with E-state index in [0.29, 0.717) is 22.8 Å². The summed E-state index contributed by atoms with van der Waals surface area (Å²) in [6.45, 7) is 10.3. The number of carbonyl (C=O) groups is 3. The smallest absolute Gasteiger partial charge is 0.261 e. The van der Waals surface area contributed by atoms with Crippen molar-refractivity contribution >= 4 is 34.2 Å². The molecule has 0 bridgehead atoms. The number of hydrogen-bond acceptors (Lipinski definition) is 6. The van der Waals surface area contributed by atoms with Crippen molar-refractivity contribution < 1.29 is 14.4 Å². The molecule has 3 rings (SSSR count). The predicted octanol–water partition coefficient (Wildman–Crippen LogP) is 3.34. The zero-order valence-corrected chi connectivity index (χ0v) is 16.8. The molecule has 0 unspecified atom stereocenters. The van der Waals surface area contributed by atoms with Crippen LogP contribution in [-0.4, -0.2) is 39.4 Å². The molecule has 142 valence electrons. The Kier molecular flexibility index (Phi) is 4.86. The minimum atomic E-state index is -0.392. The Morgan fingerprint density at radius 2 is 1.81 bits per heavy atom. The first kappa shape index (κ1) is 19.2. The van der Waals surface area contributed by atoms with E-state index in [1.54, 1.807) is 6.07 Å². The van der Waals surface area contributed by atoms with E-state index < -0.39 is 5.91 Å². The standard InChI is InChI=1S/C19H22N4O3S/c1-10(2)9-23-15(25)12-7-6-11(8-13(12)16(23)26)14(24)20-18-22-21-17(27-18)19(3,4)5/h6-8,10H,9H2,1-5H3,(H,20,22,24). The fourth-order valence-electron chi connectivity index (χ4n) is 2.71. The number of rotatable bonds is 4. The van der Waals surface area contributed by atoms with Gasteiger partial charge < -0.3 is 0 Å². The molecule has 0 aliphatic carbocycles. The molecule has 1 aliphatic heterocycles. The Morgan fingerprint density at radius 1 is 1.15 bits per heavy atom. The van der Waals surface area contributed by atoms with Crippen LogP contribution in [0.25, 0.3) is 0 Å². The summed E-state index contributed by atoms with van der Waals surface area (Å²) in [4.78, 5) is 38.7. The number of imide groups is 1. The van der Waals surface area contributed by atoms with Crippen LogP contribution >= 0.6 is 11.3 Å². The summed E-state index contributed by atoms with van der Waals surface area (Å²) in [6.07, 6.45) is 0. The van der Waals surface area contributed by atoms with Gasteiger partial charge in [-0.2, -0.15) is 0 Å². The Hall–Kier alpha value is -2.61. The van der Waals surface area contributed by atoms with E-state index in [1.807, 2.05) is 34.6 Å². The zero-order valence-electron chi connectivity index (χ0n) is 16.0. The molecule has 27 heavy (non-hydrogen) atoms. The number of hydrogen-bond donors (Lipinski definition) is 1. The van der Waals surface area contributed by atoms with Gasteiger partial charge in [0.15, 0.2) is 0 Å². The molecule has 1 aliphatic rings. The summed E-state index contributed by atoms with van der Waals surface area (Å²) >= 11 is 1.31. The molecule has 1 N–H and O–H groups in total. The maximum Gasteiger partial charge on any atom is 0.261 e. The van der Waals surface area contributed by atoms with E-state index in [0.717, 1.165) is 5.01 Å². The molecule has 0 saturated heterocycles. The molecule has 0 spiro atoms. The van der Waals surface area contributed by atoms with E-state index in [1.165, 1.54) is 28.4 Å². The number of benzene rings is 1. The lowest BCUT2D eigenvalue weighted by molar-refractivity contribution is 0.0636. The van der Waals surface area contributed by atoms with E-state index in [9.17, 15) is 14.4 Å².